The van der Waals surface area contributed by atoms with E-state index in [-0.39, 0.29) is 5.69 Å². The fourth-order valence-corrected chi connectivity index (χ4v) is 2.22. The van der Waals surface area contributed by atoms with Gasteiger partial charge in [0.25, 0.3) is 0 Å². The number of hydrogen-bond donors (Lipinski definition) is 1. The number of hydrogen-bond acceptors (Lipinski definition) is 4. The molecule has 1 heterocycles. The molecule has 6 heteroatoms. The van der Waals surface area contributed by atoms with E-state index in [1.54, 1.807) is 35.0 Å². The molecule has 2 aromatic carbocycles. The minimum absolute atomic E-state index is 0.223. The first-order valence-corrected chi connectivity index (χ1v) is 7.18. The molecule has 116 valence electrons. The highest BCUT2D eigenvalue weighted by Crippen LogP contribution is 2.16. The molecule has 24 heavy (non-hydrogen) atoms. The average molecular weight is 315 g/mol. The number of rotatable bonds is 4. The van der Waals surface area contributed by atoms with Crippen molar-refractivity contribution in [1.29, 1.82) is 5.26 Å². The number of nitriles is 1. The van der Waals surface area contributed by atoms with Crippen LogP contribution in [0.5, 0.6) is 0 Å². The zero-order valence-electron chi connectivity index (χ0n) is 12.6. The van der Waals surface area contributed by atoms with Gasteiger partial charge in [-0.15, -0.1) is 5.10 Å². The number of nitrogens with zero attached hydrogens (tertiary/aromatic N) is 4. The summed E-state index contributed by atoms with van der Waals surface area (Å²) in [4.78, 5) is 11.2. The molecule has 3 aromatic rings. The predicted molar refractivity (Wildman–Crippen MR) is 90.0 cm³/mol. The van der Waals surface area contributed by atoms with Crippen molar-refractivity contribution in [2.24, 2.45) is 5.73 Å². The molecule has 0 radical (unpaired) electrons. The van der Waals surface area contributed by atoms with Crippen molar-refractivity contribution in [3.05, 3.63) is 77.1 Å². The third kappa shape index (κ3) is 3.05. The number of carbonyl (C=O) groups excluding carboxylic acids is 1. The Morgan fingerprint density at radius 2 is 1.79 bits per heavy atom. The largest absolute Gasteiger partial charge is 0.366 e. The van der Waals surface area contributed by atoms with Gasteiger partial charge in [-0.05, 0) is 35.9 Å². The molecule has 0 atom stereocenters. The normalized spacial score (nSPS) is 10.6. The summed E-state index contributed by atoms with van der Waals surface area (Å²) in [5.74, 6) is -0.498. The van der Waals surface area contributed by atoms with Crippen molar-refractivity contribution in [1.82, 2.24) is 15.0 Å². The minimum atomic E-state index is -0.498. The zero-order valence-corrected chi connectivity index (χ0v) is 12.6. The van der Waals surface area contributed by atoms with Gasteiger partial charge in [0.05, 0.1) is 5.69 Å². The van der Waals surface area contributed by atoms with E-state index in [0.717, 1.165) is 5.56 Å². The van der Waals surface area contributed by atoms with E-state index in [9.17, 15) is 10.1 Å². The summed E-state index contributed by atoms with van der Waals surface area (Å²) in [6, 6.07) is 18.4. The highest BCUT2D eigenvalue weighted by atomic mass is 16.1. The summed E-state index contributed by atoms with van der Waals surface area (Å²) in [7, 11) is 0. The third-order valence-corrected chi connectivity index (χ3v) is 3.44. The Morgan fingerprint density at radius 1 is 1.08 bits per heavy atom. The minimum Gasteiger partial charge on any atom is -0.366 e. The number of nitrogens with two attached hydrogens (primary N) is 1. The maximum absolute atomic E-state index is 11.2. The second kappa shape index (κ2) is 6.58. The Morgan fingerprint density at radius 3 is 2.42 bits per heavy atom. The van der Waals surface area contributed by atoms with Crippen LogP contribution in [0.1, 0.15) is 27.3 Å². The highest BCUT2D eigenvalue weighted by molar-refractivity contribution is 5.92. The van der Waals surface area contributed by atoms with E-state index < -0.39 is 5.91 Å². The summed E-state index contributed by atoms with van der Waals surface area (Å²) < 4.78 is 1.54. The molecule has 0 aliphatic rings. The van der Waals surface area contributed by atoms with E-state index in [4.69, 9.17) is 5.73 Å². The Hall–Kier alpha value is -3.72. The van der Waals surface area contributed by atoms with E-state index in [1.165, 1.54) is 0 Å². The topological polar surface area (TPSA) is 97.6 Å². The van der Waals surface area contributed by atoms with Gasteiger partial charge >= 0.3 is 0 Å². The molecule has 1 aromatic heterocycles. The molecule has 0 bridgehead atoms. The van der Waals surface area contributed by atoms with Gasteiger partial charge in [-0.3, -0.25) is 4.79 Å². The fraction of sp³-hybridized carbons (Fsp3) is 0. The number of benzene rings is 2. The summed E-state index contributed by atoms with van der Waals surface area (Å²) in [6.45, 7) is 0. The van der Waals surface area contributed by atoms with E-state index >= 15 is 0 Å². The van der Waals surface area contributed by atoms with Crippen molar-refractivity contribution >= 4 is 18.1 Å². The zero-order chi connectivity index (χ0) is 16.9. The molecule has 0 aliphatic carbocycles. The molecule has 0 unspecified atom stereocenters. The van der Waals surface area contributed by atoms with Crippen LogP contribution >= 0.6 is 0 Å². The van der Waals surface area contributed by atoms with Gasteiger partial charge in [-0.25, -0.2) is 4.68 Å². The van der Waals surface area contributed by atoms with Crippen LogP contribution in [0.4, 0.5) is 0 Å². The van der Waals surface area contributed by atoms with Crippen molar-refractivity contribution in [3.8, 4) is 11.8 Å². The quantitative estimate of drug-likeness (QED) is 0.799. The monoisotopic (exact) mass is 315 g/mol. The lowest BCUT2D eigenvalue weighted by Crippen LogP contribution is -2.11. The first-order chi connectivity index (χ1) is 11.7. The summed E-state index contributed by atoms with van der Waals surface area (Å²) >= 11 is 0. The standard InChI is InChI=1S/C18H13N5O/c19-12-16-17(11-6-13-4-2-1-3-5-13)23(22-21-16)15-9-7-14(8-10-15)18(20)24/h1-11H,(H2,20,24)/b11-6+. The Kier molecular flexibility index (Phi) is 4.17. The van der Waals surface area contributed by atoms with E-state index in [0.29, 0.717) is 16.9 Å². The Labute approximate surface area is 138 Å². The molecule has 0 saturated heterocycles. The summed E-state index contributed by atoms with van der Waals surface area (Å²) in [5, 5.41) is 17.1. The van der Waals surface area contributed by atoms with Crippen LogP contribution in [0.25, 0.3) is 17.8 Å². The highest BCUT2D eigenvalue weighted by Gasteiger charge is 2.12. The first kappa shape index (κ1) is 15.2. The van der Waals surface area contributed by atoms with Crippen molar-refractivity contribution in [2.45, 2.75) is 0 Å². The van der Waals surface area contributed by atoms with Crippen LogP contribution in [0.3, 0.4) is 0 Å². The fourth-order valence-electron chi connectivity index (χ4n) is 2.22. The smallest absolute Gasteiger partial charge is 0.248 e. The molecule has 2 N–H and O–H groups in total. The second-order valence-corrected chi connectivity index (χ2v) is 5.00. The van der Waals surface area contributed by atoms with Crippen molar-refractivity contribution in [3.63, 3.8) is 0 Å². The Balaban J connectivity index is 2.00. The van der Waals surface area contributed by atoms with Crippen LogP contribution < -0.4 is 5.73 Å². The van der Waals surface area contributed by atoms with Crippen LogP contribution in [-0.4, -0.2) is 20.9 Å². The lowest BCUT2D eigenvalue weighted by atomic mass is 10.1. The van der Waals surface area contributed by atoms with Crippen LogP contribution in [0.15, 0.2) is 54.6 Å². The molecule has 0 fully saturated rings. The van der Waals surface area contributed by atoms with Gasteiger partial charge in [-0.1, -0.05) is 41.6 Å². The SMILES string of the molecule is N#Cc1nnn(-c2ccc(C(N)=O)cc2)c1/C=C/c1ccccc1. The van der Waals surface area contributed by atoms with E-state index in [1.807, 2.05) is 42.5 Å². The molecular formula is C18H13N5O. The first-order valence-electron chi connectivity index (χ1n) is 7.18. The molecule has 0 saturated carbocycles. The maximum Gasteiger partial charge on any atom is 0.248 e. The van der Waals surface area contributed by atoms with Gasteiger partial charge in [0.2, 0.25) is 5.91 Å². The van der Waals surface area contributed by atoms with Crippen LogP contribution in [-0.2, 0) is 0 Å². The van der Waals surface area contributed by atoms with Gasteiger partial charge in [-0.2, -0.15) is 5.26 Å². The number of carbonyl (C=O) groups is 1. The molecule has 6 nitrogen and oxygen atoms in total. The van der Waals surface area contributed by atoms with Crippen LogP contribution in [0, 0.1) is 11.3 Å². The molecule has 0 spiro atoms. The molecular weight excluding hydrogens is 302 g/mol. The predicted octanol–water partition coefficient (Wildman–Crippen LogP) is 2.41. The summed E-state index contributed by atoms with van der Waals surface area (Å²) in [6.07, 6.45) is 3.67. The van der Waals surface area contributed by atoms with Gasteiger partial charge < -0.3 is 5.73 Å². The van der Waals surface area contributed by atoms with Crippen LogP contribution in [0.2, 0.25) is 0 Å². The van der Waals surface area contributed by atoms with Crippen molar-refractivity contribution < 1.29 is 4.79 Å². The second-order valence-electron chi connectivity index (χ2n) is 5.00. The number of aromatic nitrogens is 3. The van der Waals surface area contributed by atoms with Gasteiger partial charge in [0.1, 0.15) is 11.8 Å². The maximum atomic E-state index is 11.2. The Bertz CT molecular complexity index is 934. The number of amides is 1. The average Bonchev–Trinajstić information content (AvgIpc) is 3.03. The summed E-state index contributed by atoms with van der Waals surface area (Å²) in [5.41, 5.74) is 8.11. The van der Waals surface area contributed by atoms with Crippen molar-refractivity contribution in [2.75, 3.05) is 0 Å². The molecule has 0 aliphatic heterocycles. The lowest BCUT2D eigenvalue weighted by Gasteiger charge is -2.04. The van der Waals surface area contributed by atoms with E-state index in [2.05, 4.69) is 10.3 Å². The van der Waals surface area contributed by atoms with Gasteiger partial charge in [0, 0.05) is 5.56 Å². The lowest BCUT2D eigenvalue weighted by molar-refractivity contribution is 0.100. The molecule has 3 rings (SSSR count). The number of primary amides is 1. The molecule has 1 amide bonds. The third-order valence-electron chi connectivity index (χ3n) is 3.44. The van der Waals surface area contributed by atoms with Gasteiger partial charge in [0.15, 0.2) is 5.69 Å².